The van der Waals surface area contributed by atoms with Crippen LogP contribution in [0.3, 0.4) is 0 Å². The number of rotatable bonds is 4. The Hall–Kier alpha value is -1.75. The fourth-order valence-corrected chi connectivity index (χ4v) is 1.82. The van der Waals surface area contributed by atoms with Gasteiger partial charge in [-0.3, -0.25) is 4.79 Å². The molecule has 0 unspecified atom stereocenters. The highest BCUT2D eigenvalue weighted by atomic mass is 79.9. The molecule has 2 aromatic rings. The van der Waals surface area contributed by atoms with Gasteiger partial charge in [-0.1, -0.05) is 0 Å². The Kier molecular flexibility index (Phi) is 4.04. The maximum Gasteiger partial charge on any atom is 0.251 e. The van der Waals surface area contributed by atoms with E-state index in [0.717, 1.165) is 6.54 Å². The molecule has 0 atom stereocenters. The van der Waals surface area contributed by atoms with Crippen molar-refractivity contribution >= 4 is 21.8 Å². The molecule has 0 aliphatic carbocycles. The lowest BCUT2D eigenvalue weighted by Crippen LogP contribution is -2.26. The number of aromatic hydroxyl groups is 1. The quantitative estimate of drug-likeness (QED) is 0.911. The van der Waals surface area contributed by atoms with E-state index in [9.17, 15) is 9.90 Å². The minimum Gasteiger partial charge on any atom is -0.507 e. The lowest BCUT2D eigenvalue weighted by Gasteiger charge is -2.07. The maximum atomic E-state index is 11.8. The van der Waals surface area contributed by atoms with Crippen LogP contribution in [0, 0.1) is 0 Å². The van der Waals surface area contributed by atoms with Crippen LogP contribution in [0.5, 0.6) is 5.75 Å². The second-order valence-electron chi connectivity index (χ2n) is 3.84. The first-order chi connectivity index (χ1) is 8.66. The first-order valence-corrected chi connectivity index (χ1v) is 6.33. The summed E-state index contributed by atoms with van der Waals surface area (Å²) in [4.78, 5) is 11.8. The van der Waals surface area contributed by atoms with E-state index in [-0.39, 0.29) is 11.7 Å². The number of hydrogen-bond acceptors (Lipinski definition) is 2. The second-order valence-corrected chi connectivity index (χ2v) is 4.70. The highest BCUT2D eigenvalue weighted by Gasteiger charge is 2.07. The summed E-state index contributed by atoms with van der Waals surface area (Å²) in [6.07, 6.45) is 3.88. The minimum absolute atomic E-state index is 0.0630. The number of hydrogen-bond donors (Lipinski definition) is 2. The highest BCUT2D eigenvalue weighted by molar-refractivity contribution is 9.10. The van der Waals surface area contributed by atoms with Crippen molar-refractivity contribution in [2.45, 2.75) is 6.54 Å². The van der Waals surface area contributed by atoms with E-state index in [0.29, 0.717) is 16.6 Å². The van der Waals surface area contributed by atoms with Crippen LogP contribution >= 0.6 is 15.9 Å². The summed E-state index contributed by atoms with van der Waals surface area (Å²) in [5.41, 5.74) is 0.447. The molecule has 0 bridgehead atoms. The van der Waals surface area contributed by atoms with Gasteiger partial charge in [0, 0.05) is 31.0 Å². The smallest absolute Gasteiger partial charge is 0.251 e. The Morgan fingerprint density at radius 1 is 1.33 bits per heavy atom. The third kappa shape index (κ3) is 3.13. The van der Waals surface area contributed by atoms with Gasteiger partial charge < -0.3 is 15.0 Å². The minimum atomic E-state index is -0.190. The van der Waals surface area contributed by atoms with E-state index in [1.165, 1.54) is 6.07 Å². The van der Waals surface area contributed by atoms with Crippen LogP contribution in [0.25, 0.3) is 0 Å². The third-order valence-electron chi connectivity index (χ3n) is 2.53. The molecule has 1 amide bonds. The summed E-state index contributed by atoms with van der Waals surface area (Å²) >= 11 is 3.17. The number of halogens is 1. The van der Waals surface area contributed by atoms with Crippen LogP contribution in [-0.4, -0.2) is 22.1 Å². The van der Waals surface area contributed by atoms with E-state index in [1.54, 1.807) is 12.1 Å². The number of aromatic nitrogens is 1. The van der Waals surface area contributed by atoms with Crippen molar-refractivity contribution in [3.05, 3.63) is 52.8 Å². The van der Waals surface area contributed by atoms with Crippen LogP contribution in [0.4, 0.5) is 0 Å². The molecule has 2 rings (SSSR count). The van der Waals surface area contributed by atoms with Crippen molar-refractivity contribution in [1.82, 2.24) is 9.88 Å². The standard InChI is InChI=1S/C13H13BrN2O2/c14-11-4-3-10(9-12(11)17)13(18)15-5-8-16-6-1-2-7-16/h1-4,6-7,9,17H,5,8H2,(H,15,18). The van der Waals surface area contributed by atoms with Crippen molar-refractivity contribution in [1.29, 1.82) is 0 Å². The van der Waals surface area contributed by atoms with Crippen LogP contribution < -0.4 is 5.32 Å². The van der Waals surface area contributed by atoms with Crippen LogP contribution in [0.1, 0.15) is 10.4 Å². The molecule has 0 aliphatic rings. The van der Waals surface area contributed by atoms with Gasteiger partial charge in [0.1, 0.15) is 5.75 Å². The van der Waals surface area contributed by atoms with E-state index in [1.807, 2.05) is 29.1 Å². The number of phenolic OH excluding ortho intramolecular Hbond substituents is 1. The topological polar surface area (TPSA) is 54.3 Å². The van der Waals surface area contributed by atoms with Crippen molar-refractivity contribution in [3.63, 3.8) is 0 Å². The number of nitrogens with zero attached hydrogens (tertiary/aromatic N) is 1. The summed E-state index contributed by atoms with van der Waals surface area (Å²) in [5.74, 6) is -0.127. The van der Waals surface area contributed by atoms with Gasteiger partial charge in [0.15, 0.2) is 0 Å². The first kappa shape index (κ1) is 12.7. The second kappa shape index (κ2) is 5.73. The number of benzene rings is 1. The molecule has 0 saturated heterocycles. The average molecular weight is 309 g/mol. The molecule has 0 spiro atoms. The van der Waals surface area contributed by atoms with Crippen LogP contribution in [0.15, 0.2) is 47.2 Å². The van der Waals surface area contributed by atoms with E-state index in [2.05, 4.69) is 21.2 Å². The summed E-state index contributed by atoms with van der Waals surface area (Å²) < 4.78 is 2.56. The first-order valence-electron chi connectivity index (χ1n) is 5.54. The zero-order valence-electron chi connectivity index (χ0n) is 9.64. The maximum absolute atomic E-state index is 11.8. The summed E-state index contributed by atoms with van der Waals surface area (Å²) in [7, 11) is 0. The predicted molar refractivity (Wildman–Crippen MR) is 72.6 cm³/mol. The Bertz CT molecular complexity index is 538. The lowest BCUT2D eigenvalue weighted by molar-refractivity contribution is 0.0952. The Morgan fingerprint density at radius 3 is 2.72 bits per heavy atom. The largest absolute Gasteiger partial charge is 0.507 e. The third-order valence-corrected chi connectivity index (χ3v) is 3.20. The molecule has 0 radical (unpaired) electrons. The van der Waals surface area contributed by atoms with E-state index in [4.69, 9.17) is 0 Å². The fraction of sp³-hybridized carbons (Fsp3) is 0.154. The van der Waals surface area contributed by atoms with Gasteiger partial charge in [-0.2, -0.15) is 0 Å². The summed E-state index contributed by atoms with van der Waals surface area (Å²) in [6, 6.07) is 8.63. The molecule has 4 nitrogen and oxygen atoms in total. The van der Waals surface area contributed by atoms with Crippen LogP contribution in [-0.2, 0) is 6.54 Å². The van der Waals surface area contributed by atoms with Crippen LogP contribution in [0.2, 0.25) is 0 Å². The summed E-state index contributed by atoms with van der Waals surface area (Å²) in [6.45, 7) is 1.27. The number of carbonyl (C=O) groups excluding carboxylic acids is 1. The van der Waals surface area contributed by atoms with Crippen molar-refractivity contribution in [2.24, 2.45) is 0 Å². The van der Waals surface area contributed by atoms with Gasteiger partial charge in [0.2, 0.25) is 0 Å². The van der Waals surface area contributed by atoms with Gasteiger partial charge in [-0.15, -0.1) is 0 Å². The lowest BCUT2D eigenvalue weighted by atomic mass is 10.2. The van der Waals surface area contributed by atoms with E-state index < -0.39 is 0 Å². The molecule has 5 heteroatoms. The van der Waals surface area contributed by atoms with Gasteiger partial charge in [0.25, 0.3) is 5.91 Å². The molecule has 1 aromatic carbocycles. The van der Waals surface area contributed by atoms with Crippen molar-refractivity contribution < 1.29 is 9.90 Å². The van der Waals surface area contributed by atoms with Gasteiger partial charge >= 0.3 is 0 Å². The zero-order valence-corrected chi connectivity index (χ0v) is 11.2. The molecule has 18 heavy (non-hydrogen) atoms. The molecular formula is C13H13BrN2O2. The normalized spacial score (nSPS) is 10.3. The Labute approximate surface area is 113 Å². The Morgan fingerprint density at radius 2 is 2.06 bits per heavy atom. The Balaban J connectivity index is 1.89. The average Bonchev–Trinajstić information content (AvgIpc) is 2.85. The number of nitrogens with one attached hydrogen (secondary N) is 1. The number of phenols is 1. The zero-order chi connectivity index (χ0) is 13.0. The van der Waals surface area contributed by atoms with Crippen molar-refractivity contribution in [3.8, 4) is 5.75 Å². The molecule has 1 aromatic heterocycles. The fourth-order valence-electron chi connectivity index (χ4n) is 1.57. The summed E-state index contributed by atoms with van der Waals surface area (Å²) in [5, 5.41) is 12.3. The highest BCUT2D eigenvalue weighted by Crippen LogP contribution is 2.24. The van der Waals surface area contributed by atoms with Crippen molar-refractivity contribution in [2.75, 3.05) is 6.54 Å². The van der Waals surface area contributed by atoms with Gasteiger partial charge in [-0.25, -0.2) is 0 Å². The monoisotopic (exact) mass is 308 g/mol. The molecule has 0 fully saturated rings. The van der Waals surface area contributed by atoms with Gasteiger partial charge in [0.05, 0.1) is 4.47 Å². The molecule has 94 valence electrons. The molecule has 2 N–H and O–H groups in total. The number of carbonyl (C=O) groups is 1. The molecule has 0 aliphatic heterocycles. The molecule has 0 saturated carbocycles. The predicted octanol–water partition coefficient (Wildman–Crippen LogP) is 2.39. The number of amides is 1. The van der Waals surface area contributed by atoms with E-state index >= 15 is 0 Å². The SMILES string of the molecule is O=C(NCCn1cccc1)c1ccc(Br)c(O)c1. The molecular weight excluding hydrogens is 296 g/mol. The van der Waals surface area contributed by atoms with Gasteiger partial charge in [-0.05, 0) is 46.3 Å². The molecule has 1 heterocycles.